The number of benzene rings is 2. The molecule has 1 aliphatic carbocycles. The average molecular weight is 441 g/mol. The lowest BCUT2D eigenvalue weighted by Crippen LogP contribution is -2.33. The van der Waals surface area contributed by atoms with E-state index in [-0.39, 0.29) is 18.0 Å². The van der Waals surface area contributed by atoms with Gasteiger partial charge in [0.2, 0.25) is 5.95 Å². The Bertz CT molecular complexity index is 1330. The van der Waals surface area contributed by atoms with E-state index < -0.39 is 0 Å². The minimum atomic E-state index is -0.250. The number of pyridine rings is 1. The van der Waals surface area contributed by atoms with Gasteiger partial charge in [-0.1, -0.05) is 42.5 Å². The van der Waals surface area contributed by atoms with Crippen molar-refractivity contribution in [2.75, 3.05) is 17.7 Å². The molecule has 1 saturated carbocycles. The smallest absolute Gasteiger partial charge is 0.346 e. The van der Waals surface area contributed by atoms with Crippen molar-refractivity contribution in [2.24, 2.45) is 0 Å². The zero-order chi connectivity index (χ0) is 22.4. The molecule has 166 valence electrons. The molecule has 3 heterocycles. The Balaban J connectivity index is 1.31. The maximum Gasteiger partial charge on any atom is 0.346 e. The van der Waals surface area contributed by atoms with Crippen LogP contribution in [-0.4, -0.2) is 32.3 Å². The largest absolute Gasteiger partial charge is 0.366 e. The van der Waals surface area contributed by atoms with Gasteiger partial charge in [-0.15, -0.1) is 5.10 Å². The highest BCUT2D eigenvalue weighted by atomic mass is 16.7. The quantitative estimate of drug-likeness (QED) is 0.477. The molecule has 2 amide bonds. The van der Waals surface area contributed by atoms with Crippen molar-refractivity contribution >= 4 is 23.3 Å². The monoisotopic (exact) mass is 440 g/mol. The van der Waals surface area contributed by atoms with E-state index >= 15 is 0 Å². The van der Waals surface area contributed by atoms with Crippen LogP contribution >= 0.6 is 0 Å². The molecule has 3 N–H and O–H groups in total. The van der Waals surface area contributed by atoms with Crippen LogP contribution in [0.5, 0.6) is 0 Å². The number of carbonyl (C=O) groups is 1. The highest BCUT2D eigenvalue weighted by Crippen LogP contribution is 2.44. The third-order valence-corrected chi connectivity index (χ3v) is 6.28. The van der Waals surface area contributed by atoms with Crippen LogP contribution in [0.25, 0.3) is 16.8 Å². The summed E-state index contributed by atoms with van der Waals surface area (Å²) in [5.41, 5.74) is 11.4. The van der Waals surface area contributed by atoms with Gasteiger partial charge in [-0.3, -0.25) is 4.84 Å². The number of nitrogens with two attached hydrogens (primary N) is 1. The molecule has 2 aromatic heterocycles. The number of hydrogen-bond donors (Lipinski definition) is 2. The first-order chi connectivity index (χ1) is 16.2. The molecule has 8 heteroatoms. The summed E-state index contributed by atoms with van der Waals surface area (Å²) in [4.78, 5) is 23.2. The van der Waals surface area contributed by atoms with E-state index in [1.807, 2.05) is 54.7 Å². The highest BCUT2D eigenvalue weighted by Gasteiger charge is 2.33. The number of nitrogens with zero attached hydrogens (tertiary/aromatic N) is 4. The van der Waals surface area contributed by atoms with Crippen LogP contribution in [0.15, 0.2) is 66.9 Å². The van der Waals surface area contributed by atoms with Crippen molar-refractivity contribution in [2.45, 2.75) is 31.2 Å². The number of urea groups is 1. The van der Waals surface area contributed by atoms with Gasteiger partial charge < -0.3 is 11.1 Å². The number of carbonyl (C=O) groups excluding carboxylic acids is 1. The van der Waals surface area contributed by atoms with Crippen LogP contribution in [-0.2, 0) is 4.84 Å². The molecule has 2 fully saturated rings. The molecular weight excluding hydrogens is 416 g/mol. The number of aromatic nitrogens is 3. The van der Waals surface area contributed by atoms with Crippen LogP contribution in [0.4, 0.5) is 16.4 Å². The molecule has 2 aliphatic rings. The zero-order valence-corrected chi connectivity index (χ0v) is 18.0. The highest BCUT2D eigenvalue weighted by molar-refractivity contribution is 5.91. The fourth-order valence-corrected chi connectivity index (χ4v) is 4.48. The van der Waals surface area contributed by atoms with E-state index in [9.17, 15) is 4.79 Å². The molecular formula is C25H24N6O2. The number of hydrogen-bond acceptors (Lipinski definition) is 5. The van der Waals surface area contributed by atoms with Gasteiger partial charge in [0, 0.05) is 23.9 Å². The Morgan fingerprint density at radius 1 is 1.03 bits per heavy atom. The van der Waals surface area contributed by atoms with Gasteiger partial charge in [0.25, 0.3) is 0 Å². The first kappa shape index (κ1) is 19.8. The van der Waals surface area contributed by atoms with Gasteiger partial charge in [0.05, 0.1) is 12.6 Å². The van der Waals surface area contributed by atoms with E-state index in [2.05, 4.69) is 27.5 Å². The predicted molar refractivity (Wildman–Crippen MR) is 125 cm³/mol. The minimum Gasteiger partial charge on any atom is -0.366 e. The number of nitrogen functional groups attached to an aromatic ring is 1. The van der Waals surface area contributed by atoms with Crippen molar-refractivity contribution in [1.82, 2.24) is 19.7 Å². The number of nitrogens with one attached hydrogen (secondary N) is 1. The second-order valence-electron chi connectivity index (χ2n) is 8.57. The number of rotatable bonds is 4. The van der Waals surface area contributed by atoms with Crippen LogP contribution < -0.4 is 11.1 Å². The summed E-state index contributed by atoms with van der Waals surface area (Å²) >= 11 is 0. The van der Waals surface area contributed by atoms with Crippen LogP contribution in [0.1, 0.15) is 42.3 Å². The van der Waals surface area contributed by atoms with Crippen molar-refractivity contribution in [3.8, 4) is 11.1 Å². The molecule has 8 nitrogen and oxygen atoms in total. The fourth-order valence-electron chi connectivity index (χ4n) is 4.48. The van der Waals surface area contributed by atoms with Crippen LogP contribution in [0.3, 0.4) is 0 Å². The molecule has 1 unspecified atom stereocenters. The first-order valence-corrected chi connectivity index (χ1v) is 11.2. The Labute approximate surface area is 190 Å². The maximum atomic E-state index is 13.3. The number of amides is 2. The molecule has 1 saturated heterocycles. The van der Waals surface area contributed by atoms with E-state index in [0.29, 0.717) is 18.2 Å². The SMILES string of the molecule is Nc1nc2ccc(-c3ccc(C4CC4)c(NC(=O)N4OCCC4c4ccccc4)c3)cn2n1. The van der Waals surface area contributed by atoms with Crippen molar-refractivity contribution in [1.29, 1.82) is 0 Å². The lowest BCUT2D eigenvalue weighted by atomic mass is 10.0. The van der Waals surface area contributed by atoms with Crippen LogP contribution in [0.2, 0.25) is 0 Å². The summed E-state index contributed by atoms with van der Waals surface area (Å²) in [5, 5.41) is 8.81. The molecule has 4 aromatic rings. The molecule has 0 spiro atoms. The van der Waals surface area contributed by atoms with Gasteiger partial charge in [0.15, 0.2) is 5.65 Å². The van der Waals surface area contributed by atoms with E-state index in [0.717, 1.165) is 47.2 Å². The van der Waals surface area contributed by atoms with Crippen LogP contribution in [0, 0.1) is 0 Å². The number of anilines is 2. The lowest BCUT2D eigenvalue weighted by Gasteiger charge is -2.24. The summed E-state index contributed by atoms with van der Waals surface area (Å²) in [6.07, 6.45) is 4.94. The molecule has 1 aliphatic heterocycles. The summed E-state index contributed by atoms with van der Waals surface area (Å²) in [5.74, 6) is 0.721. The second kappa shape index (κ2) is 7.90. The Hall–Kier alpha value is -3.91. The second-order valence-corrected chi connectivity index (χ2v) is 8.57. The summed E-state index contributed by atoms with van der Waals surface area (Å²) in [6, 6.07) is 19.7. The third-order valence-electron chi connectivity index (χ3n) is 6.28. The van der Waals surface area contributed by atoms with Gasteiger partial charge in [-0.05, 0) is 53.6 Å². The normalized spacial score (nSPS) is 18.1. The van der Waals surface area contributed by atoms with Gasteiger partial charge in [-0.25, -0.2) is 9.31 Å². The molecule has 6 rings (SSSR count). The van der Waals surface area contributed by atoms with Crippen molar-refractivity contribution < 1.29 is 9.63 Å². The molecule has 1 atom stereocenters. The minimum absolute atomic E-state index is 0.0982. The Kier molecular flexibility index (Phi) is 4.73. The molecule has 0 radical (unpaired) electrons. The molecule has 33 heavy (non-hydrogen) atoms. The van der Waals surface area contributed by atoms with E-state index in [1.165, 1.54) is 5.06 Å². The average Bonchev–Trinajstić information content (AvgIpc) is 3.42. The maximum absolute atomic E-state index is 13.3. The molecule has 0 bridgehead atoms. The predicted octanol–water partition coefficient (Wildman–Crippen LogP) is 4.77. The zero-order valence-electron chi connectivity index (χ0n) is 18.0. The van der Waals surface area contributed by atoms with E-state index in [4.69, 9.17) is 10.6 Å². The summed E-state index contributed by atoms with van der Waals surface area (Å²) in [6.45, 7) is 0.517. The van der Waals surface area contributed by atoms with Gasteiger partial charge in [-0.2, -0.15) is 10.0 Å². The van der Waals surface area contributed by atoms with Gasteiger partial charge in [0.1, 0.15) is 0 Å². The Morgan fingerprint density at radius 3 is 2.67 bits per heavy atom. The lowest BCUT2D eigenvalue weighted by molar-refractivity contribution is -0.0829. The fraction of sp³-hybridized carbons (Fsp3) is 0.240. The molecule has 2 aromatic carbocycles. The summed E-state index contributed by atoms with van der Waals surface area (Å²) < 4.78 is 1.67. The van der Waals surface area contributed by atoms with Crippen molar-refractivity contribution in [3.05, 3.63) is 78.0 Å². The van der Waals surface area contributed by atoms with E-state index in [1.54, 1.807) is 4.52 Å². The third kappa shape index (κ3) is 3.78. The number of hydroxylamine groups is 2. The Morgan fingerprint density at radius 2 is 1.85 bits per heavy atom. The van der Waals surface area contributed by atoms with Gasteiger partial charge >= 0.3 is 6.03 Å². The standard InChI is InChI=1S/C25H24N6O2/c26-24-28-23-11-9-19(15-30(23)29-24)18-8-10-20(16-6-7-16)21(14-18)27-25(32)31-22(12-13-33-31)17-4-2-1-3-5-17/h1-5,8-11,14-16,22H,6-7,12-13H2,(H2,26,29)(H,27,32). The number of fused-ring (bicyclic) bond motifs is 1. The van der Waals surface area contributed by atoms with Crippen molar-refractivity contribution in [3.63, 3.8) is 0 Å². The topological polar surface area (TPSA) is 97.8 Å². The first-order valence-electron chi connectivity index (χ1n) is 11.2. The summed E-state index contributed by atoms with van der Waals surface area (Å²) in [7, 11) is 0.